The van der Waals surface area contributed by atoms with Gasteiger partial charge in [0.05, 0.1) is 0 Å². The predicted molar refractivity (Wildman–Crippen MR) is 74.8 cm³/mol. The molecule has 1 saturated heterocycles. The maximum atomic E-state index is 13.5. The van der Waals surface area contributed by atoms with E-state index in [-0.39, 0.29) is 11.1 Å². The first-order chi connectivity index (χ1) is 10.4. The Hall–Kier alpha value is -1.85. The van der Waals surface area contributed by atoms with E-state index in [0.717, 1.165) is 0 Å². The van der Waals surface area contributed by atoms with Crippen LogP contribution in [0, 0.1) is 0 Å². The highest BCUT2D eigenvalue weighted by Gasteiger charge is 2.76. The van der Waals surface area contributed by atoms with Crippen molar-refractivity contribution in [2.75, 3.05) is 0 Å². The Balaban J connectivity index is 1.96. The molecule has 0 bridgehead atoms. The lowest BCUT2D eigenvalue weighted by Gasteiger charge is -2.17. The summed E-state index contributed by atoms with van der Waals surface area (Å²) >= 11 is 5.71. The Morgan fingerprint density at radius 1 is 1.05 bits per heavy atom. The molecule has 1 fully saturated rings. The molecule has 0 spiro atoms. The van der Waals surface area contributed by atoms with Crippen molar-refractivity contribution >= 4 is 17.4 Å². The van der Waals surface area contributed by atoms with Gasteiger partial charge in [-0.25, -0.2) is 0 Å². The molecule has 2 aromatic rings. The minimum atomic E-state index is -4.68. The van der Waals surface area contributed by atoms with Crippen LogP contribution in [0.15, 0.2) is 54.6 Å². The fourth-order valence-corrected chi connectivity index (χ4v) is 2.57. The molecular formula is C16H10ClF3O2. The zero-order valence-corrected chi connectivity index (χ0v) is 11.9. The van der Waals surface area contributed by atoms with Crippen LogP contribution in [0.5, 0.6) is 0 Å². The summed E-state index contributed by atoms with van der Waals surface area (Å²) in [5.74, 6) is -0.710. The molecule has 114 valence electrons. The van der Waals surface area contributed by atoms with E-state index in [0.29, 0.717) is 5.02 Å². The summed E-state index contributed by atoms with van der Waals surface area (Å²) in [4.78, 5) is 12.3. The molecule has 3 rings (SSSR count). The first-order valence-corrected chi connectivity index (χ1v) is 6.84. The number of carbonyl (C=O) groups is 1. The summed E-state index contributed by atoms with van der Waals surface area (Å²) < 4.78 is 45.3. The van der Waals surface area contributed by atoms with Gasteiger partial charge in [0.2, 0.25) is 5.60 Å². The average Bonchev–Trinajstić information content (AvgIpc) is 3.25. The molecule has 22 heavy (non-hydrogen) atoms. The molecule has 1 aliphatic rings. The molecule has 2 aromatic carbocycles. The second-order valence-corrected chi connectivity index (χ2v) is 5.40. The number of epoxide rings is 1. The molecule has 2 nitrogen and oxygen atoms in total. The topological polar surface area (TPSA) is 29.6 Å². The van der Waals surface area contributed by atoms with E-state index in [2.05, 4.69) is 0 Å². The van der Waals surface area contributed by atoms with Crippen LogP contribution in [-0.4, -0.2) is 18.1 Å². The SMILES string of the molecule is O=C(c1ccc(Cl)cc1)[C@H]1O[C@]1(c1ccccc1)C(F)(F)F. The van der Waals surface area contributed by atoms with Crippen LogP contribution in [0.1, 0.15) is 15.9 Å². The van der Waals surface area contributed by atoms with Crippen molar-refractivity contribution in [2.45, 2.75) is 17.9 Å². The summed E-state index contributed by atoms with van der Waals surface area (Å²) in [5, 5.41) is 0.401. The van der Waals surface area contributed by atoms with Gasteiger partial charge in [-0.05, 0) is 29.8 Å². The molecule has 1 aliphatic heterocycles. The van der Waals surface area contributed by atoms with Crippen molar-refractivity contribution < 1.29 is 22.7 Å². The van der Waals surface area contributed by atoms with Gasteiger partial charge in [-0.2, -0.15) is 13.2 Å². The molecule has 0 N–H and O–H groups in total. The van der Waals surface area contributed by atoms with Crippen LogP contribution in [0.25, 0.3) is 0 Å². The van der Waals surface area contributed by atoms with E-state index in [9.17, 15) is 18.0 Å². The lowest BCUT2D eigenvalue weighted by Crippen LogP contribution is -2.35. The summed E-state index contributed by atoms with van der Waals surface area (Å²) in [6.45, 7) is 0. The lowest BCUT2D eigenvalue weighted by atomic mass is 9.91. The molecule has 0 aliphatic carbocycles. The highest BCUT2D eigenvalue weighted by Crippen LogP contribution is 2.58. The molecule has 0 amide bonds. The minimum Gasteiger partial charge on any atom is -0.343 e. The van der Waals surface area contributed by atoms with Gasteiger partial charge in [0.25, 0.3) is 0 Å². The number of carbonyl (C=O) groups excluding carboxylic acids is 1. The quantitative estimate of drug-likeness (QED) is 0.619. The van der Waals surface area contributed by atoms with Crippen molar-refractivity contribution in [2.24, 2.45) is 0 Å². The highest BCUT2D eigenvalue weighted by molar-refractivity contribution is 6.30. The van der Waals surface area contributed by atoms with Crippen LogP contribution in [0.3, 0.4) is 0 Å². The summed E-state index contributed by atoms with van der Waals surface area (Å²) in [6, 6.07) is 12.9. The summed E-state index contributed by atoms with van der Waals surface area (Å²) in [6.07, 6.45) is -6.25. The minimum absolute atomic E-state index is 0.0742. The number of halogens is 4. The summed E-state index contributed by atoms with van der Waals surface area (Å²) in [7, 11) is 0. The number of ether oxygens (including phenoxy) is 1. The van der Waals surface area contributed by atoms with Crippen molar-refractivity contribution in [3.05, 3.63) is 70.7 Å². The summed E-state index contributed by atoms with van der Waals surface area (Å²) in [5.41, 5.74) is -2.50. The van der Waals surface area contributed by atoms with Crippen molar-refractivity contribution in [1.82, 2.24) is 0 Å². The zero-order valence-electron chi connectivity index (χ0n) is 11.1. The average molecular weight is 327 g/mol. The van der Waals surface area contributed by atoms with E-state index in [1.165, 1.54) is 48.5 Å². The van der Waals surface area contributed by atoms with Crippen LogP contribution < -0.4 is 0 Å². The second kappa shape index (κ2) is 5.11. The van der Waals surface area contributed by atoms with Gasteiger partial charge in [0, 0.05) is 10.6 Å². The third-order valence-electron chi connectivity index (χ3n) is 3.61. The Kier molecular flexibility index (Phi) is 3.50. The van der Waals surface area contributed by atoms with E-state index in [1.54, 1.807) is 6.07 Å². The van der Waals surface area contributed by atoms with Crippen LogP contribution in [0.2, 0.25) is 5.02 Å². The fraction of sp³-hybridized carbons (Fsp3) is 0.188. The van der Waals surface area contributed by atoms with Gasteiger partial charge in [0.1, 0.15) is 0 Å². The van der Waals surface area contributed by atoms with Crippen molar-refractivity contribution in [3.63, 3.8) is 0 Å². The first kappa shape index (κ1) is 15.1. The number of ketones is 1. The second-order valence-electron chi connectivity index (χ2n) is 4.97. The molecule has 0 aromatic heterocycles. The van der Waals surface area contributed by atoms with E-state index in [4.69, 9.17) is 16.3 Å². The normalized spacial score (nSPS) is 24.1. The van der Waals surface area contributed by atoms with Gasteiger partial charge >= 0.3 is 6.18 Å². The monoisotopic (exact) mass is 326 g/mol. The maximum Gasteiger partial charge on any atom is 0.424 e. The van der Waals surface area contributed by atoms with Gasteiger partial charge < -0.3 is 4.74 Å². The largest absolute Gasteiger partial charge is 0.424 e. The molecule has 6 heteroatoms. The molecule has 0 radical (unpaired) electrons. The molecule has 0 unspecified atom stereocenters. The van der Waals surface area contributed by atoms with Crippen molar-refractivity contribution in [3.8, 4) is 0 Å². The zero-order chi connectivity index (χ0) is 16.0. The van der Waals surface area contributed by atoms with Crippen LogP contribution >= 0.6 is 11.6 Å². The van der Waals surface area contributed by atoms with Gasteiger partial charge in [0.15, 0.2) is 11.9 Å². The third-order valence-corrected chi connectivity index (χ3v) is 3.86. The van der Waals surface area contributed by atoms with Gasteiger partial charge in [-0.15, -0.1) is 0 Å². The highest BCUT2D eigenvalue weighted by atomic mass is 35.5. The van der Waals surface area contributed by atoms with E-state index < -0.39 is 23.7 Å². The molecule has 0 saturated carbocycles. The standard InChI is InChI=1S/C16H10ClF3O2/c17-12-8-6-10(7-9-12)13(21)14-15(22-14,16(18,19)20)11-4-2-1-3-5-11/h1-9,14H/t14-,15+/m1/s1. The van der Waals surface area contributed by atoms with Crippen molar-refractivity contribution in [1.29, 1.82) is 0 Å². The molecular weight excluding hydrogens is 317 g/mol. The van der Waals surface area contributed by atoms with Gasteiger partial charge in [-0.1, -0.05) is 41.9 Å². The molecule has 1 heterocycles. The molecule has 2 atom stereocenters. The Bertz CT molecular complexity index is 698. The van der Waals surface area contributed by atoms with Crippen LogP contribution in [-0.2, 0) is 10.3 Å². The number of hydrogen-bond donors (Lipinski definition) is 0. The Morgan fingerprint density at radius 3 is 2.18 bits per heavy atom. The van der Waals surface area contributed by atoms with Crippen LogP contribution in [0.4, 0.5) is 13.2 Å². The third kappa shape index (κ3) is 2.30. The van der Waals surface area contributed by atoms with E-state index in [1.807, 2.05) is 0 Å². The van der Waals surface area contributed by atoms with Gasteiger partial charge in [-0.3, -0.25) is 4.79 Å². The number of rotatable bonds is 3. The Labute approximate surface area is 129 Å². The maximum absolute atomic E-state index is 13.5. The predicted octanol–water partition coefficient (Wildman–Crippen LogP) is 4.38. The Morgan fingerprint density at radius 2 is 1.64 bits per heavy atom. The first-order valence-electron chi connectivity index (χ1n) is 6.46. The smallest absolute Gasteiger partial charge is 0.343 e. The number of Topliss-reactive ketones (excluding diaryl/α,β-unsaturated/α-hetero) is 1. The lowest BCUT2D eigenvalue weighted by molar-refractivity contribution is -0.187. The number of alkyl halides is 3. The fourth-order valence-electron chi connectivity index (χ4n) is 2.44. The number of benzene rings is 2. The number of hydrogen-bond acceptors (Lipinski definition) is 2. The van der Waals surface area contributed by atoms with E-state index >= 15 is 0 Å².